The highest BCUT2D eigenvalue weighted by molar-refractivity contribution is 5.74. The Kier molecular flexibility index (Phi) is 2.99. The molecule has 0 saturated carbocycles. The minimum atomic E-state index is 0.890. The molecule has 0 amide bonds. The van der Waals surface area contributed by atoms with E-state index in [1.54, 1.807) is 6.33 Å². The van der Waals surface area contributed by atoms with Gasteiger partial charge < -0.3 is 10.3 Å². The number of fused-ring (bicyclic) bond motifs is 1. The zero-order valence-corrected chi connectivity index (χ0v) is 9.12. The number of rotatable bonds is 4. The van der Waals surface area contributed by atoms with Crippen LogP contribution in [0.5, 0.6) is 0 Å². The summed E-state index contributed by atoms with van der Waals surface area (Å²) in [5.41, 5.74) is 3.42. The van der Waals surface area contributed by atoms with Gasteiger partial charge in [0.05, 0.1) is 17.4 Å². The third kappa shape index (κ3) is 2.34. The van der Waals surface area contributed by atoms with Gasteiger partial charge in [-0.2, -0.15) is 0 Å². The van der Waals surface area contributed by atoms with Gasteiger partial charge in [0.25, 0.3) is 0 Å². The van der Waals surface area contributed by atoms with Crippen LogP contribution in [0.25, 0.3) is 11.0 Å². The molecule has 4 nitrogen and oxygen atoms in total. The number of aromatic amines is 1. The number of benzene rings is 1. The lowest BCUT2D eigenvalue weighted by atomic mass is 10.2. The average Bonchev–Trinajstić information content (AvgIpc) is 2.65. The van der Waals surface area contributed by atoms with Gasteiger partial charge in [0.15, 0.2) is 0 Å². The van der Waals surface area contributed by atoms with E-state index in [1.807, 2.05) is 13.1 Å². The van der Waals surface area contributed by atoms with E-state index in [9.17, 15) is 0 Å². The van der Waals surface area contributed by atoms with Crippen molar-refractivity contribution in [3.05, 3.63) is 30.1 Å². The van der Waals surface area contributed by atoms with Crippen molar-refractivity contribution in [1.29, 1.82) is 0 Å². The van der Waals surface area contributed by atoms with Crippen molar-refractivity contribution in [3.8, 4) is 0 Å². The molecule has 2 aromatic rings. The van der Waals surface area contributed by atoms with Crippen LogP contribution in [0.3, 0.4) is 0 Å². The first-order valence-electron chi connectivity index (χ1n) is 5.05. The van der Waals surface area contributed by atoms with Crippen LogP contribution in [0.15, 0.2) is 24.5 Å². The van der Waals surface area contributed by atoms with E-state index in [0.29, 0.717) is 0 Å². The predicted molar refractivity (Wildman–Crippen MR) is 61.5 cm³/mol. The SMILES string of the molecule is CNCN(C)Cc1ccc2nc[nH]c2c1. The highest BCUT2D eigenvalue weighted by atomic mass is 15.2. The van der Waals surface area contributed by atoms with E-state index in [2.05, 4.69) is 39.4 Å². The third-order valence-electron chi connectivity index (χ3n) is 2.37. The number of imidazole rings is 1. The molecule has 0 fully saturated rings. The minimum absolute atomic E-state index is 0.890. The Morgan fingerprint density at radius 1 is 1.47 bits per heavy atom. The number of hydrogen-bond acceptors (Lipinski definition) is 3. The largest absolute Gasteiger partial charge is 0.345 e. The van der Waals surface area contributed by atoms with E-state index in [0.717, 1.165) is 24.2 Å². The van der Waals surface area contributed by atoms with Crippen LogP contribution in [-0.2, 0) is 6.54 Å². The van der Waals surface area contributed by atoms with E-state index in [-0.39, 0.29) is 0 Å². The summed E-state index contributed by atoms with van der Waals surface area (Å²) in [5, 5.41) is 3.13. The molecular formula is C11H16N4. The minimum Gasteiger partial charge on any atom is -0.345 e. The quantitative estimate of drug-likeness (QED) is 0.735. The van der Waals surface area contributed by atoms with Gasteiger partial charge in [-0.05, 0) is 31.8 Å². The summed E-state index contributed by atoms with van der Waals surface area (Å²) in [6.07, 6.45) is 1.73. The van der Waals surface area contributed by atoms with Crippen molar-refractivity contribution in [2.45, 2.75) is 6.54 Å². The summed E-state index contributed by atoms with van der Waals surface area (Å²) < 4.78 is 0. The summed E-state index contributed by atoms with van der Waals surface area (Å²) in [4.78, 5) is 9.53. The zero-order chi connectivity index (χ0) is 10.7. The first-order valence-corrected chi connectivity index (χ1v) is 5.05. The Morgan fingerprint density at radius 2 is 2.33 bits per heavy atom. The molecule has 1 aromatic heterocycles. The van der Waals surface area contributed by atoms with Crippen LogP contribution < -0.4 is 5.32 Å². The van der Waals surface area contributed by atoms with Crippen molar-refractivity contribution < 1.29 is 0 Å². The number of aromatic nitrogens is 2. The van der Waals surface area contributed by atoms with Crippen molar-refractivity contribution in [2.24, 2.45) is 0 Å². The summed E-state index contributed by atoms with van der Waals surface area (Å²) in [6, 6.07) is 6.32. The van der Waals surface area contributed by atoms with Crippen molar-refractivity contribution in [3.63, 3.8) is 0 Å². The van der Waals surface area contributed by atoms with Crippen molar-refractivity contribution in [2.75, 3.05) is 20.8 Å². The number of nitrogens with one attached hydrogen (secondary N) is 2. The lowest BCUT2D eigenvalue weighted by Gasteiger charge is -2.15. The first-order chi connectivity index (χ1) is 7.29. The van der Waals surface area contributed by atoms with Gasteiger partial charge in [-0.3, -0.25) is 4.90 Å². The van der Waals surface area contributed by atoms with Crippen LogP contribution in [0.2, 0.25) is 0 Å². The Hall–Kier alpha value is -1.39. The number of hydrogen-bond donors (Lipinski definition) is 2. The van der Waals surface area contributed by atoms with Gasteiger partial charge in [0.1, 0.15) is 0 Å². The van der Waals surface area contributed by atoms with E-state index < -0.39 is 0 Å². The lowest BCUT2D eigenvalue weighted by Crippen LogP contribution is -2.27. The Labute approximate surface area is 89.3 Å². The maximum atomic E-state index is 4.19. The molecule has 15 heavy (non-hydrogen) atoms. The van der Waals surface area contributed by atoms with Gasteiger partial charge in [0, 0.05) is 13.2 Å². The van der Waals surface area contributed by atoms with E-state index >= 15 is 0 Å². The second-order valence-corrected chi connectivity index (χ2v) is 3.78. The maximum absolute atomic E-state index is 4.19. The van der Waals surface area contributed by atoms with E-state index in [4.69, 9.17) is 0 Å². The van der Waals surface area contributed by atoms with Crippen molar-refractivity contribution in [1.82, 2.24) is 20.2 Å². The summed E-state index contributed by atoms with van der Waals surface area (Å²) in [5.74, 6) is 0. The molecule has 0 aliphatic heterocycles. The van der Waals surface area contributed by atoms with Gasteiger partial charge >= 0.3 is 0 Å². The van der Waals surface area contributed by atoms with Gasteiger partial charge in [-0.25, -0.2) is 4.98 Å². The average molecular weight is 204 g/mol. The fourth-order valence-corrected chi connectivity index (χ4v) is 1.72. The van der Waals surface area contributed by atoms with Gasteiger partial charge in [-0.15, -0.1) is 0 Å². The predicted octanol–water partition coefficient (Wildman–Crippen LogP) is 1.17. The summed E-state index contributed by atoms with van der Waals surface area (Å²) >= 11 is 0. The normalized spacial score (nSPS) is 11.4. The molecular weight excluding hydrogens is 188 g/mol. The second kappa shape index (κ2) is 4.42. The highest BCUT2D eigenvalue weighted by Crippen LogP contribution is 2.12. The molecule has 0 bridgehead atoms. The molecule has 0 radical (unpaired) electrons. The molecule has 0 atom stereocenters. The first kappa shape index (κ1) is 10.1. The molecule has 2 N–H and O–H groups in total. The standard InChI is InChI=1S/C11H16N4/c1-12-8-15(2)6-9-3-4-10-11(5-9)14-7-13-10/h3-5,7,12H,6,8H2,1-2H3,(H,13,14). The van der Waals surface area contributed by atoms with Crippen molar-refractivity contribution >= 4 is 11.0 Å². The molecule has 1 heterocycles. The monoisotopic (exact) mass is 204 g/mol. The number of H-pyrrole nitrogens is 1. The summed E-state index contributed by atoms with van der Waals surface area (Å²) in [6.45, 7) is 1.83. The Balaban J connectivity index is 2.14. The van der Waals surface area contributed by atoms with E-state index in [1.165, 1.54) is 5.56 Å². The lowest BCUT2D eigenvalue weighted by molar-refractivity contribution is 0.310. The fourth-order valence-electron chi connectivity index (χ4n) is 1.72. The molecule has 2 rings (SSSR count). The number of nitrogens with zero attached hydrogens (tertiary/aromatic N) is 2. The molecule has 0 saturated heterocycles. The fraction of sp³-hybridized carbons (Fsp3) is 0.364. The second-order valence-electron chi connectivity index (χ2n) is 3.78. The smallest absolute Gasteiger partial charge is 0.0931 e. The Morgan fingerprint density at radius 3 is 3.13 bits per heavy atom. The van der Waals surface area contributed by atoms with Gasteiger partial charge in [0.2, 0.25) is 0 Å². The molecule has 0 aliphatic carbocycles. The molecule has 80 valence electrons. The molecule has 0 unspecified atom stereocenters. The molecule has 1 aromatic carbocycles. The zero-order valence-electron chi connectivity index (χ0n) is 9.12. The van der Waals surface area contributed by atoms with Crippen LogP contribution in [0.1, 0.15) is 5.56 Å². The molecule has 4 heteroatoms. The third-order valence-corrected chi connectivity index (χ3v) is 2.37. The van der Waals surface area contributed by atoms with Gasteiger partial charge in [-0.1, -0.05) is 6.07 Å². The molecule has 0 spiro atoms. The maximum Gasteiger partial charge on any atom is 0.0931 e. The van der Waals surface area contributed by atoms with Crippen LogP contribution in [0.4, 0.5) is 0 Å². The summed E-state index contributed by atoms with van der Waals surface area (Å²) in [7, 11) is 4.04. The van der Waals surface area contributed by atoms with Crippen LogP contribution >= 0.6 is 0 Å². The van der Waals surface area contributed by atoms with Crippen LogP contribution in [-0.4, -0.2) is 35.6 Å². The Bertz CT molecular complexity index is 435. The molecule has 0 aliphatic rings. The highest BCUT2D eigenvalue weighted by Gasteiger charge is 2.01. The van der Waals surface area contributed by atoms with Crippen LogP contribution in [0, 0.1) is 0 Å². The topological polar surface area (TPSA) is 44.0 Å².